The molecule has 3 aromatic rings. The molecule has 0 spiro atoms. The molecule has 0 radical (unpaired) electrons. The number of aryl methyl sites for hydroxylation is 1. The lowest BCUT2D eigenvalue weighted by molar-refractivity contribution is 0.103. The zero-order valence-corrected chi connectivity index (χ0v) is 19.2. The highest BCUT2D eigenvalue weighted by Gasteiger charge is 2.19. The fraction of sp³-hybridized carbons (Fsp3) is 0.333. The summed E-state index contributed by atoms with van der Waals surface area (Å²) in [6.45, 7) is 6.14. The van der Waals surface area contributed by atoms with E-state index < -0.39 is 0 Å². The van der Waals surface area contributed by atoms with E-state index in [4.69, 9.17) is 16.7 Å². The van der Waals surface area contributed by atoms with Crippen molar-refractivity contribution >= 4 is 51.3 Å². The number of benzene rings is 1. The van der Waals surface area contributed by atoms with Gasteiger partial charge in [0, 0.05) is 38.8 Å². The van der Waals surface area contributed by atoms with Crippen molar-refractivity contribution in [2.45, 2.75) is 6.92 Å². The van der Waals surface area contributed by atoms with E-state index in [0.29, 0.717) is 38.9 Å². The lowest BCUT2D eigenvalue weighted by Crippen LogP contribution is -2.47. The molecule has 11 heteroatoms. The molecule has 168 valence electrons. The lowest BCUT2D eigenvalue weighted by atomic mass is 10.3. The Morgan fingerprint density at radius 2 is 2.00 bits per heavy atom. The van der Waals surface area contributed by atoms with Crippen LogP contribution in [-0.4, -0.2) is 70.2 Å². The molecule has 0 atom stereocenters. The Balaban J connectivity index is 1.42. The van der Waals surface area contributed by atoms with Crippen LogP contribution in [0.2, 0.25) is 5.02 Å². The van der Waals surface area contributed by atoms with Gasteiger partial charge in [-0.1, -0.05) is 35.1 Å². The van der Waals surface area contributed by atoms with Gasteiger partial charge in [0.25, 0.3) is 5.91 Å². The summed E-state index contributed by atoms with van der Waals surface area (Å²) >= 11 is 7.35. The van der Waals surface area contributed by atoms with Gasteiger partial charge >= 0.3 is 0 Å². The lowest BCUT2D eigenvalue weighted by Gasteiger charge is -2.35. The molecule has 1 aliphatic heterocycles. The van der Waals surface area contributed by atoms with E-state index in [2.05, 4.69) is 35.4 Å². The van der Waals surface area contributed by atoms with Gasteiger partial charge in [-0.25, -0.2) is 15.0 Å². The number of piperazine rings is 1. The van der Waals surface area contributed by atoms with Crippen molar-refractivity contribution in [1.82, 2.24) is 19.9 Å². The summed E-state index contributed by atoms with van der Waals surface area (Å²) < 4.78 is 0. The number of rotatable bonds is 7. The summed E-state index contributed by atoms with van der Waals surface area (Å²) in [5.41, 5.74) is 0.553. The fourth-order valence-corrected chi connectivity index (χ4v) is 4.31. The minimum Gasteiger partial charge on any atom is -0.395 e. The van der Waals surface area contributed by atoms with Crippen LogP contribution in [0.4, 0.5) is 22.5 Å². The smallest absolute Gasteiger partial charge is 0.267 e. The number of aliphatic hydroxyl groups is 1. The van der Waals surface area contributed by atoms with Crippen LogP contribution >= 0.6 is 22.9 Å². The van der Waals surface area contributed by atoms with Gasteiger partial charge in [0.2, 0.25) is 0 Å². The van der Waals surface area contributed by atoms with Crippen LogP contribution in [-0.2, 0) is 0 Å². The molecule has 1 aliphatic rings. The Hall–Kier alpha value is -2.79. The second-order valence-corrected chi connectivity index (χ2v) is 8.74. The average Bonchev–Trinajstić information content (AvgIpc) is 3.24. The molecule has 3 heterocycles. The van der Waals surface area contributed by atoms with E-state index in [0.717, 1.165) is 32.0 Å². The summed E-state index contributed by atoms with van der Waals surface area (Å²) in [4.78, 5) is 30.8. The molecule has 1 aromatic carbocycles. The largest absolute Gasteiger partial charge is 0.395 e. The van der Waals surface area contributed by atoms with E-state index >= 15 is 0 Å². The molecule has 4 rings (SSSR count). The number of hydrogen-bond donors (Lipinski definition) is 3. The van der Waals surface area contributed by atoms with Crippen LogP contribution in [0, 0.1) is 6.92 Å². The number of nitrogens with zero attached hydrogens (tertiary/aromatic N) is 5. The number of carbonyl (C=O) groups excluding carboxylic acids is 1. The normalized spacial score (nSPS) is 14.4. The molecule has 1 fully saturated rings. The number of nitrogens with one attached hydrogen (secondary N) is 2. The highest BCUT2D eigenvalue weighted by molar-refractivity contribution is 7.17. The standard InChI is InChI=1S/C21H24ClN7O2S/c1-14-24-18(12-19(25-14)29-8-6-28(7-9-29)10-11-30)27-21-23-13-17(32-21)20(31)26-16-5-3-2-4-15(16)22/h2-5,12-13,30H,6-11H2,1H3,(H,26,31)(H,23,24,25,27). The second kappa shape index (κ2) is 10.2. The molecule has 32 heavy (non-hydrogen) atoms. The quantitative estimate of drug-likeness (QED) is 0.480. The number of halogens is 1. The summed E-state index contributed by atoms with van der Waals surface area (Å²) in [5, 5.41) is 16.1. The minimum absolute atomic E-state index is 0.174. The summed E-state index contributed by atoms with van der Waals surface area (Å²) in [7, 11) is 0. The highest BCUT2D eigenvalue weighted by Crippen LogP contribution is 2.26. The zero-order valence-electron chi connectivity index (χ0n) is 17.6. The Bertz CT molecular complexity index is 1090. The summed E-state index contributed by atoms with van der Waals surface area (Å²) in [5.74, 6) is 1.84. The molecule has 1 saturated heterocycles. The van der Waals surface area contributed by atoms with Gasteiger partial charge in [-0.15, -0.1) is 0 Å². The number of aliphatic hydroxyl groups excluding tert-OH is 1. The first-order valence-corrected chi connectivity index (χ1v) is 11.4. The third-order valence-electron chi connectivity index (χ3n) is 5.02. The van der Waals surface area contributed by atoms with Crippen LogP contribution in [0.1, 0.15) is 15.5 Å². The average molecular weight is 474 g/mol. The number of anilines is 4. The Morgan fingerprint density at radius 3 is 2.75 bits per heavy atom. The first-order valence-electron chi connectivity index (χ1n) is 10.2. The predicted octanol–water partition coefficient (Wildman–Crippen LogP) is 3.01. The molecule has 0 bridgehead atoms. The summed E-state index contributed by atoms with van der Waals surface area (Å²) in [6, 6.07) is 8.97. The third-order valence-corrected chi connectivity index (χ3v) is 6.26. The Morgan fingerprint density at radius 1 is 1.22 bits per heavy atom. The Labute approximate surface area is 195 Å². The van der Waals surface area contributed by atoms with Crippen molar-refractivity contribution < 1.29 is 9.90 Å². The van der Waals surface area contributed by atoms with Gasteiger partial charge in [0.15, 0.2) is 5.13 Å². The maximum Gasteiger partial charge on any atom is 0.267 e. The van der Waals surface area contributed by atoms with Crippen molar-refractivity contribution in [1.29, 1.82) is 0 Å². The number of carbonyl (C=O) groups is 1. The molecule has 2 aromatic heterocycles. The number of β-amino-alcohol motifs (C(OH)–C–C–N with tert-alkyl or cyclic N) is 1. The van der Waals surface area contributed by atoms with E-state index in [1.165, 1.54) is 17.5 Å². The van der Waals surface area contributed by atoms with Gasteiger partial charge in [0.1, 0.15) is 22.3 Å². The third kappa shape index (κ3) is 5.52. The first-order chi connectivity index (χ1) is 15.5. The molecule has 3 N–H and O–H groups in total. The van der Waals surface area contributed by atoms with E-state index in [-0.39, 0.29) is 12.5 Å². The van der Waals surface area contributed by atoms with Crippen molar-refractivity contribution in [3.63, 3.8) is 0 Å². The van der Waals surface area contributed by atoms with E-state index in [1.54, 1.807) is 18.2 Å². The number of aromatic nitrogens is 3. The van der Waals surface area contributed by atoms with Gasteiger partial charge in [0.05, 0.1) is 23.5 Å². The maximum absolute atomic E-state index is 12.5. The van der Waals surface area contributed by atoms with Crippen molar-refractivity contribution in [2.24, 2.45) is 0 Å². The number of para-hydroxylation sites is 1. The number of amides is 1. The fourth-order valence-electron chi connectivity index (χ4n) is 3.41. The molecule has 0 saturated carbocycles. The van der Waals surface area contributed by atoms with Crippen molar-refractivity contribution in [3.8, 4) is 0 Å². The van der Waals surface area contributed by atoms with Crippen LogP contribution < -0.4 is 15.5 Å². The van der Waals surface area contributed by atoms with Crippen LogP contribution in [0.5, 0.6) is 0 Å². The van der Waals surface area contributed by atoms with Gasteiger partial charge in [-0.05, 0) is 19.1 Å². The van der Waals surface area contributed by atoms with Crippen molar-refractivity contribution in [2.75, 3.05) is 54.9 Å². The molecule has 1 amide bonds. The zero-order chi connectivity index (χ0) is 22.5. The molecule has 9 nitrogen and oxygen atoms in total. The van der Waals surface area contributed by atoms with Crippen molar-refractivity contribution in [3.05, 3.63) is 52.3 Å². The molecule has 0 unspecified atom stereocenters. The minimum atomic E-state index is -0.274. The molecule has 0 aliphatic carbocycles. The second-order valence-electron chi connectivity index (χ2n) is 7.30. The van der Waals surface area contributed by atoms with E-state index in [1.807, 2.05) is 19.1 Å². The topological polar surface area (TPSA) is 107 Å². The summed E-state index contributed by atoms with van der Waals surface area (Å²) in [6.07, 6.45) is 1.52. The van der Waals surface area contributed by atoms with Gasteiger partial charge in [-0.2, -0.15) is 0 Å². The number of hydrogen-bond acceptors (Lipinski definition) is 9. The molecular formula is C21H24ClN7O2S. The van der Waals surface area contributed by atoms with E-state index in [9.17, 15) is 4.79 Å². The van der Waals surface area contributed by atoms with Gasteiger partial charge in [-0.3, -0.25) is 9.69 Å². The monoisotopic (exact) mass is 473 g/mol. The number of thiazole rings is 1. The SMILES string of the molecule is Cc1nc(Nc2ncc(C(=O)Nc3ccccc3Cl)s2)cc(N2CCN(CCO)CC2)n1. The van der Waals surface area contributed by atoms with Crippen LogP contribution in [0.25, 0.3) is 0 Å². The highest BCUT2D eigenvalue weighted by atomic mass is 35.5. The Kier molecular flexibility index (Phi) is 7.15. The first kappa shape index (κ1) is 22.4. The van der Waals surface area contributed by atoms with Gasteiger partial charge < -0.3 is 20.6 Å². The predicted molar refractivity (Wildman–Crippen MR) is 127 cm³/mol. The maximum atomic E-state index is 12.5. The van der Waals surface area contributed by atoms with Crippen LogP contribution in [0.3, 0.4) is 0 Å². The molecular weight excluding hydrogens is 450 g/mol. The van der Waals surface area contributed by atoms with Crippen LogP contribution in [0.15, 0.2) is 36.5 Å².